The lowest BCUT2D eigenvalue weighted by Crippen LogP contribution is -2.52. The third-order valence-electron chi connectivity index (χ3n) is 12.3. The molecular formula is C44H50F3N7O7. The molecule has 4 aromatic rings. The van der Waals surface area contributed by atoms with Crippen molar-refractivity contribution in [1.82, 2.24) is 29.6 Å². The van der Waals surface area contributed by atoms with Crippen LogP contribution in [0.4, 0.5) is 19.1 Å². The Hall–Kier alpha value is -5.36. The van der Waals surface area contributed by atoms with Crippen LogP contribution >= 0.6 is 0 Å². The van der Waals surface area contributed by atoms with Gasteiger partial charge in [-0.2, -0.15) is 13.2 Å². The Balaban J connectivity index is 0.800. The number of piperidine rings is 1. The maximum Gasteiger partial charge on any atom is 0.416 e. The minimum atomic E-state index is -4.57. The molecule has 4 heterocycles. The predicted molar refractivity (Wildman–Crippen MR) is 218 cm³/mol. The number of nitrogens with one attached hydrogen (secondary N) is 2. The van der Waals surface area contributed by atoms with Crippen molar-refractivity contribution in [2.24, 2.45) is 5.92 Å². The summed E-state index contributed by atoms with van der Waals surface area (Å²) in [5.74, 6) is -0.515. The first-order valence-corrected chi connectivity index (χ1v) is 21.0. The first kappa shape index (κ1) is 42.3. The molecule has 2 saturated heterocycles. The highest BCUT2D eigenvalue weighted by atomic mass is 19.4. The fraction of sp³-hybridized carbons (Fsp3) is 0.477. The molecule has 324 valence electrons. The number of aromatic nitrogens is 2. The normalized spacial score (nSPS) is 21.5. The number of carbonyl (C=O) groups excluding carboxylic acids is 4. The molecule has 1 aliphatic carbocycles. The number of amides is 4. The van der Waals surface area contributed by atoms with Crippen molar-refractivity contribution in [1.29, 1.82) is 0 Å². The molecule has 1 aromatic heterocycles. The van der Waals surface area contributed by atoms with E-state index in [1.165, 1.54) is 17.0 Å². The number of imide groups is 1. The molecule has 0 radical (unpaired) electrons. The summed E-state index contributed by atoms with van der Waals surface area (Å²) in [5, 5.41) is 14.8. The molecule has 0 spiro atoms. The Labute approximate surface area is 351 Å². The standard InChI is InChI=1S/C44H50F3N7O7/c45-44(46,47)32-3-1-2-30(23-32)40(57)50-43-48-36-22-29(6-11-37(36)54(43)33-7-4-28(27-55)5-8-33)25-52-16-14-51(15-17-52)18-19-60-20-21-61-34-9-10-35-31(24-34)26-53(42(35)59)38-12-13-39(56)49-41(38)58/h1-3,6,9-11,22-24,28,33,38,55H,4-5,7-8,12-21,25-27H2,(H,48,50,57)(H,49,56,58)/t28-,33+,38?. The highest BCUT2D eigenvalue weighted by molar-refractivity contribution is 6.06. The lowest BCUT2D eigenvalue weighted by Gasteiger charge is -2.34. The van der Waals surface area contributed by atoms with Crippen LogP contribution in [0.3, 0.4) is 0 Å². The summed E-state index contributed by atoms with van der Waals surface area (Å²) in [6, 6.07) is 15.1. The number of alkyl halides is 3. The summed E-state index contributed by atoms with van der Waals surface area (Å²) in [5.41, 5.74) is 2.92. The van der Waals surface area contributed by atoms with Crippen LogP contribution in [0.5, 0.6) is 5.75 Å². The van der Waals surface area contributed by atoms with E-state index in [0.29, 0.717) is 55.6 Å². The molecule has 3 aromatic carbocycles. The average molecular weight is 846 g/mol. The summed E-state index contributed by atoms with van der Waals surface area (Å²) in [6.45, 7) is 6.68. The number of hydrogen-bond donors (Lipinski definition) is 3. The maximum atomic E-state index is 13.4. The Bertz CT molecular complexity index is 2270. The van der Waals surface area contributed by atoms with Crippen molar-refractivity contribution in [2.75, 3.05) is 64.5 Å². The van der Waals surface area contributed by atoms with Gasteiger partial charge in [0.05, 0.1) is 29.8 Å². The first-order valence-electron chi connectivity index (χ1n) is 21.0. The number of fused-ring (bicyclic) bond motifs is 2. The summed E-state index contributed by atoms with van der Waals surface area (Å²) in [7, 11) is 0. The van der Waals surface area contributed by atoms with E-state index in [4.69, 9.17) is 14.5 Å². The SMILES string of the molecule is O=C1CCC(N2Cc3cc(OCCOCCN4CCN(Cc5ccc6c(c5)nc(NC(=O)c5cccc(C(F)(F)F)c5)n6[C@H]5CC[C@@H](CO)CC5)CC4)ccc3C2=O)C(=O)N1. The van der Waals surface area contributed by atoms with Gasteiger partial charge in [0, 0.05) is 76.0 Å². The van der Waals surface area contributed by atoms with E-state index in [9.17, 15) is 37.5 Å². The van der Waals surface area contributed by atoms with Crippen molar-refractivity contribution in [2.45, 2.75) is 69.9 Å². The molecule has 8 rings (SSSR count). The van der Waals surface area contributed by atoms with Gasteiger partial charge < -0.3 is 24.0 Å². The van der Waals surface area contributed by atoms with Gasteiger partial charge in [0.15, 0.2) is 0 Å². The van der Waals surface area contributed by atoms with Gasteiger partial charge in [0.1, 0.15) is 18.4 Å². The number of benzene rings is 3. The second-order valence-corrected chi connectivity index (χ2v) is 16.3. The van der Waals surface area contributed by atoms with E-state index in [0.717, 1.165) is 87.2 Å². The van der Waals surface area contributed by atoms with Crippen molar-refractivity contribution >= 4 is 40.6 Å². The Morgan fingerprint density at radius 3 is 2.44 bits per heavy atom. The molecule has 1 atom stereocenters. The molecule has 17 heteroatoms. The van der Waals surface area contributed by atoms with Crippen molar-refractivity contribution < 1.29 is 46.9 Å². The van der Waals surface area contributed by atoms with E-state index >= 15 is 0 Å². The van der Waals surface area contributed by atoms with Crippen LogP contribution < -0.4 is 15.4 Å². The average Bonchev–Trinajstić information content (AvgIpc) is 3.77. The summed E-state index contributed by atoms with van der Waals surface area (Å²) in [6.07, 6.45) is -0.846. The summed E-state index contributed by atoms with van der Waals surface area (Å²) in [4.78, 5) is 61.2. The van der Waals surface area contributed by atoms with Gasteiger partial charge >= 0.3 is 6.18 Å². The molecule has 14 nitrogen and oxygen atoms in total. The fourth-order valence-corrected chi connectivity index (χ4v) is 8.88. The Morgan fingerprint density at radius 2 is 1.69 bits per heavy atom. The van der Waals surface area contributed by atoms with Gasteiger partial charge in [-0.25, -0.2) is 4.98 Å². The Kier molecular flexibility index (Phi) is 12.7. The highest BCUT2D eigenvalue weighted by Gasteiger charge is 2.39. The van der Waals surface area contributed by atoms with Gasteiger partial charge in [-0.15, -0.1) is 0 Å². The molecule has 3 aliphatic heterocycles. The summed E-state index contributed by atoms with van der Waals surface area (Å²) >= 11 is 0. The topological polar surface area (TPSA) is 159 Å². The monoisotopic (exact) mass is 845 g/mol. The second-order valence-electron chi connectivity index (χ2n) is 16.3. The fourth-order valence-electron chi connectivity index (χ4n) is 8.88. The third-order valence-corrected chi connectivity index (χ3v) is 12.3. The van der Waals surface area contributed by atoms with Crippen LogP contribution in [-0.2, 0) is 33.6 Å². The first-order chi connectivity index (χ1) is 29.4. The van der Waals surface area contributed by atoms with Gasteiger partial charge in [0.25, 0.3) is 11.8 Å². The minimum absolute atomic E-state index is 0.0134. The molecular weight excluding hydrogens is 796 g/mol. The summed E-state index contributed by atoms with van der Waals surface area (Å²) < 4.78 is 54.0. The second kappa shape index (κ2) is 18.3. The number of ether oxygens (including phenoxy) is 2. The number of imidazole rings is 1. The van der Waals surface area contributed by atoms with Crippen LogP contribution in [0, 0.1) is 5.92 Å². The van der Waals surface area contributed by atoms with Gasteiger partial charge in [-0.05, 0) is 97.7 Å². The van der Waals surface area contributed by atoms with Crippen LogP contribution in [0.1, 0.15) is 82.0 Å². The van der Waals surface area contributed by atoms with E-state index in [-0.39, 0.29) is 48.9 Å². The largest absolute Gasteiger partial charge is 0.491 e. The van der Waals surface area contributed by atoms with Crippen LogP contribution in [0.2, 0.25) is 0 Å². The number of hydrogen-bond acceptors (Lipinski definition) is 10. The molecule has 1 saturated carbocycles. The van der Waals surface area contributed by atoms with Crippen LogP contribution in [0.25, 0.3) is 11.0 Å². The zero-order chi connectivity index (χ0) is 42.7. The van der Waals surface area contributed by atoms with Crippen LogP contribution in [-0.4, -0.2) is 118 Å². The minimum Gasteiger partial charge on any atom is -0.491 e. The van der Waals surface area contributed by atoms with Crippen molar-refractivity contribution in [3.8, 4) is 5.75 Å². The quantitative estimate of drug-likeness (QED) is 0.117. The van der Waals surface area contributed by atoms with E-state index in [1.54, 1.807) is 12.1 Å². The number of carbonyl (C=O) groups is 4. The van der Waals surface area contributed by atoms with Crippen LogP contribution in [0.15, 0.2) is 60.7 Å². The smallest absolute Gasteiger partial charge is 0.416 e. The zero-order valence-corrected chi connectivity index (χ0v) is 33.8. The lowest BCUT2D eigenvalue weighted by molar-refractivity contribution is -0.138. The number of anilines is 1. The van der Waals surface area contributed by atoms with Crippen molar-refractivity contribution in [3.63, 3.8) is 0 Å². The van der Waals surface area contributed by atoms with Gasteiger partial charge in [-0.1, -0.05) is 12.1 Å². The lowest BCUT2D eigenvalue weighted by atomic mass is 9.86. The maximum absolute atomic E-state index is 13.4. The van der Waals surface area contributed by atoms with Gasteiger partial charge in [-0.3, -0.25) is 39.6 Å². The number of nitrogens with zero attached hydrogens (tertiary/aromatic N) is 5. The number of halogens is 3. The highest BCUT2D eigenvalue weighted by Crippen LogP contribution is 2.37. The molecule has 0 bridgehead atoms. The molecule has 1 unspecified atom stereocenters. The third kappa shape index (κ3) is 9.75. The zero-order valence-electron chi connectivity index (χ0n) is 33.8. The molecule has 61 heavy (non-hydrogen) atoms. The van der Waals surface area contributed by atoms with Crippen molar-refractivity contribution in [3.05, 3.63) is 88.5 Å². The predicted octanol–water partition coefficient (Wildman–Crippen LogP) is 5.01. The molecule has 3 fully saturated rings. The van der Waals surface area contributed by atoms with E-state index in [1.807, 2.05) is 22.8 Å². The molecule has 4 amide bonds. The number of aliphatic hydroxyl groups is 1. The van der Waals surface area contributed by atoms with Gasteiger partial charge in [0.2, 0.25) is 17.8 Å². The number of rotatable bonds is 14. The van der Waals surface area contributed by atoms with E-state index in [2.05, 4.69) is 26.5 Å². The van der Waals surface area contributed by atoms with E-state index < -0.39 is 29.6 Å². The number of aliphatic hydroxyl groups excluding tert-OH is 1. The molecule has 3 N–H and O–H groups in total. The number of piperazine rings is 1. The Morgan fingerprint density at radius 1 is 0.902 bits per heavy atom. The molecule has 4 aliphatic rings.